The zero-order valence-corrected chi connectivity index (χ0v) is 15.2. The van der Waals surface area contributed by atoms with Gasteiger partial charge in [-0.3, -0.25) is 0 Å². The minimum absolute atomic E-state index is 0.110. The molecule has 3 aromatic rings. The number of furan rings is 1. The Bertz CT molecular complexity index is 871. The molecule has 1 aromatic carbocycles. The molecular formula is C19H21N3O3S. The normalized spacial score (nSPS) is 17.6. The zero-order chi connectivity index (χ0) is 17.9. The number of carbonyl (C=O) groups is 1. The Hall–Kier alpha value is -2.38. The average Bonchev–Trinajstić information content (AvgIpc) is 3.32. The molecule has 2 amide bonds. The molecule has 0 saturated carbocycles. The monoisotopic (exact) mass is 371 g/mol. The highest BCUT2D eigenvalue weighted by atomic mass is 32.1. The highest BCUT2D eigenvalue weighted by molar-refractivity contribution is 7.21. The van der Waals surface area contributed by atoms with Gasteiger partial charge in [0.1, 0.15) is 5.76 Å². The van der Waals surface area contributed by atoms with Crippen LogP contribution < -0.4 is 5.32 Å². The number of hydrogen-bond acceptors (Lipinski definition) is 5. The second-order valence-corrected chi connectivity index (χ2v) is 7.58. The molecule has 1 atom stereocenters. The largest absolute Gasteiger partial charge is 0.457 e. The summed E-state index contributed by atoms with van der Waals surface area (Å²) in [6, 6.07) is 11.6. The summed E-state index contributed by atoms with van der Waals surface area (Å²) in [6.45, 7) is 1.81. The van der Waals surface area contributed by atoms with Crippen LogP contribution in [0.5, 0.6) is 0 Å². The van der Waals surface area contributed by atoms with Crippen LogP contribution in [0.3, 0.4) is 0 Å². The molecule has 0 unspecified atom stereocenters. The Morgan fingerprint density at radius 1 is 1.35 bits per heavy atom. The number of amides is 2. The van der Waals surface area contributed by atoms with Crippen molar-refractivity contribution in [3.63, 3.8) is 0 Å². The van der Waals surface area contributed by atoms with Crippen LogP contribution in [-0.2, 0) is 6.54 Å². The predicted octanol–water partition coefficient (Wildman–Crippen LogP) is 3.47. The number of nitrogens with one attached hydrogen (secondary N) is 1. The number of para-hydroxylation sites is 1. The highest BCUT2D eigenvalue weighted by Crippen LogP contribution is 2.31. The lowest BCUT2D eigenvalue weighted by Gasteiger charge is -2.31. The van der Waals surface area contributed by atoms with Crippen LogP contribution in [0.4, 0.5) is 4.79 Å². The van der Waals surface area contributed by atoms with Crippen molar-refractivity contribution in [2.45, 2.75) is 19.4 Å². The maximum Gasteiger partial charge on any atom is 0.317 e. The number of likely N-dealkylation sites (tertiary alicyclic amines) is 1. The second-order valence-electron chi connectivity index (χ2n) is 6.55. The first-order valence-corrected chi connectivity index (χ1v) is 9.63. The van der Waals surface area contributed by atoms with Crippen molar-refractivity contribution in [3.05, 3.63) is 42.2 Å². The van der Waals surface area contributed by atoms with Crippen molar-refractivity contribution < 1.29 is 14.3 Å². The Kier molecular flexibility index (Phi) is 4.90. The molecule has 4 rings (SSSR count). The van der Waals surface area contributed by atoms with E-state index in [1.165, 1.54) is 0 Å². The van der Waals surface area contributed by atoms with Gasteiger partial charge in [-0.2, -0.15) is 0 Å². The first-order valence-electron chi connectivity index (χ1n) is 8.81. The number of rotatable bonds is 4. The third-order valence-corrected chi connectivity index (χ3v) is 5.70. The van der Waals surface area contributed by atoms with E-state index in [1.54, 1.807) is 16.2 Å². The smallest absolute Gasteiger partial charge is 0.317 e. The summed E-state index contributed by atoms with van der Waals surface area (Å²) in [4.78, 5) is 18.7. The number of aliphatic hydroxyl groups excluding tert-OH is 1. The first-order chi connectivity index (χ1) is 12.7. The van der Waals surface area contributed by atoms with Gasteiger partial charge in [-0.1, -0.05) is 12.1 Å². The molecule has 1 fully saturated rings. The molecule has 1 saturated heterocycles. The molecule has 0 aliphatic carbocycles. The Labute approximate surface area is 155 Å². The van der Waals surface area contributed by atoms with Gasteiger partial charge in [-0.15, -0.1) is 11.3 Å². The predicted molar refractivity (Wildman–Crippen MR) is 101 cm³/mol. The molecule has 0 radical (unpaired) electrons. The lowest BCUT2D eigenvalue weighted by molar-refractivity contribution is 0.129. The van der Waals surface area contributed by atoms with Gasteiger partial charge < -0.3 is 19.7 Å². The van der Waals surface area contributed by atoms with Gasteiger partial charge in [0.05, 0.1) is 16.8 Å². The van der Waals surface area contributed by atoms with Crippen molar-refractivity contribution in [1.29, 1.82) is 0 Å². The number of hydrogen-bond donors (Lipinski definition) is 2. The number of benzene rings is 1. The number of aromatic nitrogens is 1. The minimum Gasteiger partial charge on any atom is -0.457 e. The minimum atomic E-state index is -0.110. The Balaban J connectivity index is 1.38. The number of piperidine rings is 1. The van der Waals surface area contributed by atoms with E-state index in [0.717, 1.165) is 34.6 Å². The molecule has 3 heterocycles. The fraction of sp³-hybridized carbons (Fsp3) is 0.368. The van der Waals surface area contributed by atoms with Gasteiger partial charge in [0.25, 0.3) is 0 Å². The fourth-order valence-electron chi connectivity index (χ4n) is 3.24. The van der Waals surface area contributed by atoms with E-state index in [9.17, 15) is 9.90 Å². The van der Waals surface area contributed by atoms with Crippen LogP contribution >= 0.6 is 11.3 Å². The zero-order valence-electron chi connectivity index (χ0n) is 14.4. The van der Waals surface area contributed by atoms with Crippen LogP contribution in [0, 0.1) is 5.92 Å². The van der Waals surface area contributed by atoms with Crippen LogP contribution in [-0.4, -0.2) is 40.7 Å². The number of nitrogens with zero attached hydrogens (tertiary/aromatic N) is 2. The first kappa shape index (κ1) is 17.1. The molecule has 0 bridgehead atoms. The van der Waals surface area contributed by atoms with Crippen molar-refractivity contribution in [2.24, 2.45) is 5.92 Å². The van der Waals surface area contributed by atoms with Gasteiger partial charge in [-0.05, 0) is 43.0 Å². The van der Waals surface area contributed by atoms with Crippen LogP contribution in [0.2, 0.25) is 0 Å². The molecular weight excluding hydrogens is 350 g/mol. The summed E-state index contributed by atoms with van der Waals surface area (Å²) in [5.74, 6) is 1.60. The lowest BCUT2D eigenvalue weighted by Crippen LogP contribution is -2.45. The third kappa shape index (κ3) is 3.59. The number of aliphatic hydroxyl groups is 1. The van der Waals surface area contributed by atoms with E-state index in [4.69, 9.17) is 4.42 Å². The average molecular weight is 371 g/mol. The van der Waals surface area contributed by atoms with E-state index >= 15 is 0 Å². The van der Waals surface area contributed by atoms with Gasteiger partial charge in [0.2, 0.25) is 0 Å². The molecule has 2 aromatic heterocycles. The SMILES string of the molecule is O=C(NCc1ccc(-c2nc3ccccc3s2)o1)N1CCC[C@H](CO)C1. The summed E-state index contributed by atoms with van der Waals surface area (Å²) < 4.78 is 6.98. The van der Waals surface area contributed by atoms with E-state index < -0.39 is 0 Å². The second kappa shape index (κ2) is 7.47. The van der Waals surface area contributed by atoms with Crippen molar-refractivity contribution in [1.82, 2.24) is 15.2 Å². The van der Waals surface area contributed by atoms with Gasteiger partial charge >= 0.3 is 6.03 Å². The quantitative estimate of drug-likeness (QED) is 0.736. The van der Waals surface area contributed by atoms with Gasteiger partial charge in [-0.25, -0.2) is 9.78 Å². The number of thiazole rings is 1. The van der Waals surface area contributed by atoms with E-state index in [0.29, 0.717) is 24.6 Å². The fourth-order valence-corrected chi connectivity index (χ4v) is 4.17. The van der Waals surface area contributed by atoms with Crippen molar-refractivity contribution in [3.8, 4) is 10.8 Å². The number of carbonyl (C=O) groups excluding carboxylic acids is 1. The summed E-state index contributed by atoms with van der Waals surface area (Å²) in [5.41, 5.74) is 0.960. The topological polar surface area (TPSA) is 78.6 Å². The Morgan fingerprint density at radius 2 is 2.23 bits per heavy atom. The molecule has 1 aliphatic rings. The van der Waals surface area contributed by atoms with E-state index in [1.807, 2.05) is 36.4 Å². The maximum absolute atomic E-state index is 12.3. The lowest BCUT2D eigenvalue weighted by atomic mass is 9.99. The summed E-state index contributed by atoms with van der Waals surface area (Å²) in [6.07, 6.45) is 1.91. The van der Waals surface area contributed by atoms with Crippen LogP contribution in [0.25, 0.3) is 21.0 Å². The van der Waals surface area contributed by atoms with Gasteiger partial charge in [0, 0.05) is 19.7 Å². The molecule has 26 heavy (non-hydrogen) atoms. The molecule has 6 nitrogen and oxygen atoms in total. The summed E-state index contributed by atoms with van der Waals surface area (Å²) >= 11 is 1.59. The van der Waals surface area contributed by atoms with E-state index in [-0.39, 0.29) is 18.6 Å². The molecule has 0 spiro atoms. The Morgan fingerprint density at radius 3 is 3.08 bits per heavy atom. The molecule has 136 valence electrons. The summed E-state index contributed by atoms with van der Waals surface area (Å²) in [5, 5.41) is 13.0. The van der Waals surface area contributed by atoms with Crippen LogP contribution in [0.1, 0.15) is 18.6 Å². The highest BCUT2D eigenvalue weighted by Gasteiger charge is 2.23. The number of urea groups is 1. The maximum atomic E-state index is 12.3. The third-order valence-electron chi connectivity index (χ3n) is 4.64. The van der Waals surface area contributed by atoms with E-state index in [2.05, 4.69) is 10.3 Å². The molecule has 2 N–H and O–H groups in total. The standard InChI is InChI=1S/C19H21N3O3S/c23-12-13-4-3-9-22(11-13)19(24)20-10-14-7-8-16(25-14)18-21-15-5-1-2-6-17(15)26-18/h1-2,5-8,13,23H,3-4,9-12H2,(H,20,24)/t13-/m0/s1. The summed E-state index contributed by atoms with van der Waals surface area (Å²) in [7, 11) is 0. The van der Waals surface area contributed by atoms with Crippen molar-refractivity contribution >= 4 is 27.6 Å². The van der Waals surface area contributed by atoms with Gasteiger partial charge in [0.15, 0.2) is 10.8 Å². The van der Waals surface area contributed by atoms with Crippen molar-refractivity contribution in [2.75, 3.05) is 19.7 Å². The van der Waals surface area contributed by atoms with Crippen LogP contribution in [0.15, 0.2) is 40.8 Å². The molecule has 7 heteroatoms. The number of fused-ring (bicyclic) bond motifs is 1. The molecule has 1 aliphatic heterocycles.